The Bertz CT molecular complexity index is 445. The van der Waals surface area contributed by atoms with E-state index in [0.29, 0.717) is 0 Å². The average molecular weight is 316 g/mol. The minimum atomic E-state index is 0. The zero-order valence-electron chi connectivity index (χ0n) is 11.6. The van der Waals surface area contributed by atoms with E-state index < -0.39 is 0 Å². The van der Waals surface area contributed by atoms with Crippen LogP contribution in [0.4, 0.5) is 0 Å². The molecule has 0 saturated carbocycles. The van der Waals surface area contributed by atoms with Crippen LogP contribution in [0.15, 0.2) is 11.4 Å². The van der Waals surface area contributed by atoms with Crippen molar-refractivity contribution in [1.29, 1.82) is 0 Å². The molecule has 0 bridgehead atoms. The van der Waals surface area contributed by atoms with E-state index in [0.717, 1.165) is 52.0 Å². The standard InChI is InChI=1S/C14H21N3OS.ClH/c18-14(12-2-1-5-15-12)16-6-8-17-7-3-13-11(10-17)4-9-19-13;/h4,9,12,15H,1-3,5-8,10H2,(H,16,18);1H/t12-;/m0./s1. The fourth-order valence-corrected chi connectivity index (χ4v) is 3.76. The third kappa shape index (κ3) is 3.73. The van der Waals surface area contributed by atoms with Crippen LogP contribution in [-0.4, -0.2) is 43.0 Å². The number of amides is 1. The second-order valence-corrected chi connectivity index (χ2v) is 6.34. The summed E-state index contributed by atoms with van der Waals surface area (Å²) in [7, 11) is 0. The van der Waals surface area contributed by atoms with Crippen LogP contribution in [0.3, 0.4) is 0 Å². The Morgan fingerprint density at radius 3 is 3.25 bits per heavy atom. The normalized spacial score (nSPS) is 22.1. The maximum absolute atomic E-state index is 11.9. The lowest BCUT2D eigenvalue weighted by atomic mass is 10.1. The molecule has 0 spiro atoms. The molecule has 6 heteroatoms. The third-order valence-electron chi connectivity index (χ3n) is 3.99. The number of fused-ring (bicyclic) bond motifs is 1. The topological polar surface area (TPSA) is 44.4 Å². The van der Waals surface area contributed by atoms with E-state index in [1.54, 1.807) is 0 Å². The first kappa shape index (κ1) is 15.8. The van der Waals surface area contributed by atoms with Gasteiger partial charge in [-0.25, -0.2) is 0 Å². The van der Waals surface area contributed by atoms with E-state index in [1.807, 2.05) is 11.3 Å². The first-order valence-corrected chi connectivity index (χ1v) is 7.99. The molecular formula is C14H22ClN3OS. The van der Waals surface area contributed by atoms with Crippen LogP contribution < -0.4 is 10.6 Å². The Hall–Kier alpha value is -0.620. The minimum absolute atomic E-state index is 0. The van der Waals surface area contributed by atoms with Gasteiger partial charge in [0.15, 0.2) is 0 Å². The molecule has 3 heterocycles. The molecule has 2 aliphatic heterocycles. The molecule has 112 valence electrons. The van der Waals surface area contributed by atoms with Crippen molar-refractivity contribution in [3.8, 4) is 0 Å². The highest BCUT2D eigenvalue weighted by Gasteiger charge is 2.22. The molecule has 1 aromatic rings. The number of hydrogen-bond donors (Lipinski definition) is 2. The van der Waals surface area contributed by atoms with E-state index in [4.69, 9.17) is 0 Å². The highest BCUT2D eigenvalue weighted by atomic mass is 35.5. The van der Waals surface area contributed by atoms with Crippen LogP contribution in [0.5, 0.6) is 0 Å². The van der Waals surface area contributed by atoms with Crippen LogP contribution in [0, 0.1) is 0 Å². The fraction of sp³-hybridized carbons (Fsp3) is 0.643. The van der Waals surface area contributed by atoms with E-state index in [-0.39, 0.29) is 24.4 Å². The smallest absolute Gasteiger partial charge is 0.237 e. The van der Waals surface area contributed by atoms with Crippen LogP contribution in [0.25, 0.3) is 0 Å². The van der Waals surface area contributed by atoms with Crippen LogP contribution in [0.2, 0.25) is 0 Å². The van der Waals surface area contributed by atoms with Crippen LogP contribution in [-0.2, 0) is 17.8 Å². The number of hydrogen-bond acceptors (Lipinski definition) is 4. The molecule has 0 aliphatic carbocycles. The van der Waals surface area contributed by atoms with Crippen molar-refractivity contribution in [1.82, 2.24) is 15.5 Å². The van der Waals surface area contributed by atoms with Gasteiger partial charge in [0.05, 0.1) is 6.04 Å². The van der Waals surface area contributed by atoms with Crippen molar-refractivity contribution < 1.29 is 4.79 Å². The summed E-state index contributed by atoms with van der Waals surface area (Å²) >= 11 is 1.87. The first-order valence-electron chi connectivity index (χ1n) is 7.11. The summed E-state index contributed by atoms with van der Waals surface area (Å²) in [5.41, 5.74) is 1.47. The predicted molar refractivity (Wildman–Crippen MR) is 84.6 cm³/mol. The molecule has 1 saturated heterocycles. The number of thiophene rings is 1. The molecule has 2 N–H and O–H groups in total. The van der Waals surface area contributed by atoms with Gasteiger partial charge in [-0.05, 0) is 42.8 Å². The van der Waals surface area contributed by atoms with E-state index in [2.05, 4.69) is 27.0 Å². The fourth-order valence-electron chi connectivity index (χ4n) is 2.87. The number of halogens is 1. The molecule has 1 atom stereocenters. The van der Waals surface area contributed by atoms with Gasteiger partial charge in [0, 0.05) is 31.1 Å². The lowest BCUT2D eigenvalue weighted by Gasteiger charge is -2.26. The predicted octanol–water partition coefficient (Wildman–Crippen LogP) is 1.40. The zero-order chi connectivity index (χ0) is 13.1. The largest absolute Gasteiger partial charge is 0.353 e. The van der Waals surface area contributed by atoms with E-state index >= 15 is 0 Å². The van der Waals surface area contributed by atoms with Crippen molar-refractivity contribution in [2.24, 2.45) is 0 Å². The number of nitrogens with one attached hydrogen (secondary N) is 2. The van der Waals surface area contributed by atoms with Crippen molar-refractivity contribution in [2.45, 2.75) is 31.8 Å². The molecule has 1 aromatic heterocycles. The van der Waals surface area contributed by atoms with Crippen LogP contribution in [0.1, 0.15) is 23.3 Å². The molecule has 1 fully saturated rings. The molecule has 1 amide bonds. The summed E-state index contributed by atoms with van der Waals surface area (Å²) < 4.78 is 0. The van der Waals surface area contributed by atoms with Gasteiger partial charge in [-0.1, -0.05) is 0 Å². The maximum Gasteiger partial charge on any atom is 0.237 e. The Morgan fingerprint density at radius 2 is 2.45 bits per heavy atom. The summed E-state index contributed by atoms with van der Waals surface area (Å²) in [6.45, 7) is 4.84. The van der Waals surface area contributed by atoms with Gasteiger partial charge >= 0.3 is 0 Å². The van der Waals surface area contributed by atoms with Gasteiger partial charge in [0.25, 0.3) is 0 Å². The summed E-state index contributed by atoms with van der Waals surface area (Å²) in [6.07, 6.45) is 3.25. The summed E-state index contributed by atoms with van der Waals surface area (Å²) in [4.78, 5) is 15.8. The molecular weight excluding hydrogens is 294 g/mol. The summed E-state index contributed by atoms with van der Waals surface area (Å²) in [6, 6.07) is 2.28. The van der Waals surface area contributed by atoms with Crippen LogP contribution >= 0.6 is 23.7 Å². The van der Waals surface area contributed by atoms with Gasteiger partial charge in [-0.2, -0.15) is 0 Å². The number of carbonyl (C=O) groups excluding carboxylic acids is 1. The van der Waals surface area contributed by atoms with E-state index in [1.165, 1.54) is 10.4 Å². The molecule has 3 rings (SSSR count). The van der Waals surface area contributed by atoms with Gasteiger partial charge < -0.3 is 10.6 Å². The maximum atomic E-state index is 11.9. The lowest BCUT2D eigenvalue weighted by molar-refractivity contribution is -0.122. The number of rotatable bonds is 4. The number of carbonyl (C=O) groups is 1. The van der Waals surface area contributed by atoms with Crippen molar-refractivity contribution in [3.05, 3.63) is 21.9 Å². The molecule has 0 radical (unpaired) electrons. The molecule has 0 unspecified atom stereocenters. The quantitative estimate of drug-likeness (QED) is 0.883. The average Bonchev–Trinajstić information content (AvgIpc) is 3.09. The Morgan fingerprint density at radius 1 is 1.55 bits per heavy atom. The number of nitrogens with zero attached hydrogens (tertiary/aromatic N) is 1. The van der Waals surface area contributed by atoms with Gasteiger partial charge in [0.1, 0.15) is 0 Å². The van der Waals surface area contributed by atoms with Crippen molar-refractivity contribution >= 4 is 29.7 Å². The molecule has 2 aliphatic rings. The Balaban J connectivity index is 0.00000147. The van der Waals surface area contributed by atoms with Gasteiger partial charge in [0.2, 0.25) is 5.91 Å². The minimum Gasteiger partial charge on any atom is -0.353 e. The summed E-state index contributed by atoms with van der Waals surface area (Å²) in [5, 5.41) is 8.46. The Kier molecular flexibility index (Phi) is 5.84. The lowest BCUT2D eigenvalue weighted by Crippen LogP contribution is -2.44. The second kappa shape index (κ2) is 7.41. The molecule has 4 nitrogen and oxygen atoms in total. The van der Waals surface area contributed by atoms with E-state index in [9.17, 15) is 4.79 Å². The third-order valence-corrected chi connectivity index (χ3v) is 5.01. The van der Waals surface area contributed by atoms with Crippen molar-refractivity contribution in [3.63, 3.8) is 0 Å². The van der Waals surface area contributed by atoms with Gasteiger partial charge in [-0.15, -0.1) is 23.7 Å². The summed E-state index contributed by atoms with van der Waals surface area (Å²) in [5.74, 6) is 0.172. The van der Waals surface area contributed by atoms with Crippen molar-refractivity contribution in [2.75, 3.05) is 26.2 Å². The SMILES string of the molecule is Cl.O=C(NCCN1CCc2sccc2C1)[C@@H]1CCCN1. The monoisotopic (exact) mass is 315 g/mol. The second-order valence-electron chi connectivity index (χ2n) is 5.34. The highest BCUT2D eigenvalue weighted by Crippen LogP contribution is 2.23. The molecule has 20 heavy (non-hydrogen) atoms. The zero-order valence-corrected chi connectivity index (χ0v) is 13.2. The molecule has 0 aromatic carbocycles. The first-order chi connectivity index (χ1) is 9.33. The van der Waals surface area contributed by atoms with Gasteiger partial charge in [-0.3, -0.25) is 9.69 Å². The highest BCUT2D eigenvalue weighted by molar-refractivity contribution is 7.10. The Labute approximate surface area is 130 Å².